The maximum absolute atomic E-state index is 13.2. The summed E-state index contributed by atoms with van der Waals surface area (Å²) in [7, 11) is 0. The van der Waals surface area contributed by atoms with Crippen molar-refractivity contribution >= 4 is 29.1 Å². The van der Waals surface area contributed by atoms with Crippen LogP contribution in [0.15, 0.2) is 48.0 Å². The van der Waals surface area contributed by atoms with E-state index in [1.165, 1.54) is 0 Å². The highest BCUT2D eigenvalue weighted by molar-refractivity contribution is 6.46. The summed E-state index contributed by atoms with van der Waals surface area (Å²) in [5.74, 6) is -0.791. The van der Waals surface area contributed by atoms with Gasteiger partial charge in [0.1, 0.15) is 11.5 Å². The number of hydrogen-bond donors (Lipinski definition) is 1. The molecule has 0 aromatic heterocycles. The van der Waals surface area contributed by atoms with Gasteiger partial charge in [0.2, 0.25) is 0 Å². The van der Waals surface area contributed by atoms with Gasteiger partial charge in [0.15, 0.2) is 0 Å². The van der Waals surface area contributed by atoms with E-state index < -0.39 is 17.7 Å². The summed E-state index contributed by atoms with van der Waals surface area (Å²) in [5.41, 5.74) is 2.09. The maximum Gasteiger partial charge on any atom is 0.295 e. The Morgan fingerprint density at radius 3 is 2.47 bits per heavy atom. The van der Waals surface area contributed by atoms with E-state index in [4.69, 9.17) is 21.1 Å². The smallest absolute Gasteiger partial charge is 0.295 e. The van der Waals surface area contributed by atoms with Crippen LogP contribution in [0.5, 0.6) is 5.75 Å². The van der Waals surface area contributed by atoms with Gasteiger partial charge in [0, 0.05) is 36.8 Å². The zero-order valence-corrected chi connectivity index (χ0v) is 20.2. The van der Waals surface area contributed by atoms with Crippen LogP contribution < -0.4 is 4.74 Å². The van der Waals surface area contributed by atoms with E-state index in [1.54, 1.807) is 47.4 Å². The molecule has 2 aliphatic rings. The number of benzene rings is 2. The molecule has 1 unspecified atom stereocenters. The fourth-order valence-electron chi connectivity index (χ4n) is 4.45. The molecular weight excluding hydrogens is 456 g/mol. The predicted molar refractivity (Wildman–Crippen MR) is 130 cm³/mol. The van der Waals surface area contributed by atoms with Crippen LogP contribution in [0, 0.1) is 6.92 Å². The summed E-state index contributed by atoms with van der Waals surface area (Å²) >= 11 is 6.09. The zero-order chi connectivity index (χ0) is 24.2. The monoisotopic (exact) mass is 484 g/mol. The van der Waals surface area contributed by atoms with Crippen LogP contribution in [0.2, 0.25) is 5.02 Å². The lowest BCUT2D eigenvalue weighted by Crippen LogP contribution is -2.42. The third kappa shape index (κ3) is 4.97. The number of halogens is 1. The topological polar surface area (TPSA) is 79.3 Å². The summed E-state index contributed by atoms with van der Waals surface area (Å²) in [6.07, 6.45) is 0. The normalized spacial score (nSPS) is 20.7. The highest BCUT2D eigenvalue weighted by atomic mass is 35.5. The van der Waals surface area contributed by atoms with E-state index in [-0.39, 0.29) is 11.3 Å². The van der Waals surface area contributed by atoms with Gasteiger partial charge in [-0.1, -0.05) is 23.7 Å². The Kier molecular flexibility index (Phi) is 7.56. The first-order valence-electron chi connectivity index (χ1n) is 11.5. The molecule has 34 heavy (non-hydrogen) atoms. The second-order valence-corrected chi connectivity index (χ2v) is 8.85. The van der Waals surface area contributed by atoms with E-state index in [0.717, 1.165) is 24.2 Å². The first-order chi connectivity index (χ1) is 16.4. The van der Waals surface area contributed by atoms with E-state index in [9.17, 15) is 14.7 Å². The Morgan fingerprint density at radius 2 is 1.82 bits per heavy atom. The Morgan fingerprint density at radius 1 is 1.12 bits per heavy atom. The van der Waals surface area contributed by atoms with Crippen molar-refractivity contribution in [3.05, 3.63) is 69.8 Å². The number of aliphatic hydroxyl groups excluding tert-OH is 1. The van der Waals surface area contributed by atoms with Gasteiger partial charge in [0.05, 0.1) is 31.4 Å². The molecule has 2 aromatic carbocycles. The van der Waals surface area contributed by atoms with E-state index >= 15 is 0 Å². The predicted octanol–water partition coefficient (Wildman–Crippen LogP) is 3.80. The molecule has 2 fully saturated rings. The maximum atomic E-state index is 13.2. The molecule has 0 bridgehead atoms. The molecule has 180 valence electrons. The molecule has 2 aromatic rings. The van der Waals surface area contributed by atoms with Crippen LogP contribution in [0.3, 0.4) is 0 Å². The minimum Gasteiger partial charge on any atom is -0.507 e. The molecule has 0 aliphatic carbocycles. The number of amides is 1. The van der Waals surface area contributed by atoms with Gasteiger partial charge in [-0.05, 0) is 55.3 Å². The number of carbonyl (C=O) groups excluding carboxylic acids is 2. The average Bonchev–Trinajstić information content (AvgIpc) is 3.09. The second-order valence-electron chi connectivity index (χ2n) is 8.41. The highest BCUT2D eigenvalue weighted by Crippen LogP contribution is 2.40. The lowest BCUT2D eigenvalue weighted by molar-refractivity contribution is -0.140. The summed E-state index contributed by atoms with van der Waals surface area (Å²) in [6.45, 7) is 8.13. The van der Waals surface area contributed by atoms with Crippen LogP contribution in [0.4, 0.5) is 0 Å². The molecule has 0 radical (unpaired) electrons. The quantitative estimate of drug-likeness (QED) is 0.366. The average molecular weight is 485 g/mol. The molecular formula is C26H29ClN2O5. The number of Topliss-reactive ketones (excluding diaryl/α,β-unsaturated/α-hetero) is 1. The van der Waals surface area contributed by atoms with Crippen molar-refractivity contribution in [3.63, 3.8) is 0 Å². The summed E-state index contributed by atoms with van der Waals surface area (Å²) in [5, 5.41) is 11.8. The van der Waals surface area contributed by atoms with Crippen molar-refractivity contribution in [1.82, 2.24) is 9.80 Å². The SMILES string of the molecule is CCOc1ccc(/C(O)=C2/C(=O)C(=O)N(CCN3CCOCC3)C2c2ccc(Cl)cc2)cc1C. The number of hydrogen-bond acceptors (Lipinski definition) is 6. The number of aliphatic hydroxyl groups is 1. The number of ketones is 1. The molecule has 2 heterocycles. The number of ether oxygens (including phenoxy) is 2. The molecule has 8 heteroatoms. The van der Waals surface area contributed by atoms with Crippen LogP contribution in [-0.4, -0.2) is 72.6 Å². The molecule has 1 amide bonds. The molecule has 0 spiro atoms. The Bertz CT molecular complexity index is 1090. The molecule has 1 atom stereocenters. The van der Waals surface area contributed by atoms with Gasteiger partial charge in [-0.2, -0.15) is 0 Å². The molecule has 2 aliphatic heterocycles. The van der Waals surface area contributed by atoms with Crippen molar-refractivity contribution in [1.29, 1.82) is 0 Å². The number of morpholine rings is 1. The largest absolute Gasteiger partial charge is 0.507 e. The van der Waals surface area contributed by atoms with E-state index in [0.29, 0.717) is 49.2 Å². The van der Waals surface area contributed by atoms with Gasteiger partial charge in [0.25, 0.3) is 11.7 Å². The zero-order valence-electron chi connectivity index (χ0n) is 19.4. The number of aryl methyl sites for hydroxylation is 1. The molecule has 2 saturated heterocycles. The molecule has 0 saturated carbocycles. The van der Waals surface area contributed by atoms with Crippen molar-refractivity contribution < 1.29 is 24.2 Å². The number of carbonyl (C=O) groups is 2. The van der Waals surface area contributed by atoms with Crippen LogP contribution in [-0.2, 0) is 14.3 Å². The fourth-order valence-corrected chi connectivity index (χ4v) is 4.57. The Balaban J connectivity index is 1.73. The van der Waals surface area contributed by atoms with Crippen molar-refractivity contribution in [3.8, 4) is 5.75 Å². The molecule has 1 N–H and O–H groups in total. The van der Waals surface area contributed by atoms with Gasteiger partial charge in [-0.25, -0.2) is 0 Å². The lowest BCUT2D eigenvalue weighted by atomic mass is 9.95. The van der Waals surface area contributed by atoms with Crippen LogP contribution in [0.1, 0.15) is 29.7 Å². The number of likely N-dealkylation sites (tertiary alicyclic amines) is 1. The standard InChI is InChI=1S/C26H29ClN2O5/c1-3-34-21-9-6-19(16-17(21)2)24(30)22-23(18-4-7-20(27)8-5-18)29(26(32)25(22)31)11-10-28-12-14-33-15-13-28/h4-9,16,23,30H,3,10-15H2,1-2H3/b24-22-. The third-order valence-electron chi connectivity index (χ3n) is 6.23. The van der Waals surface area contributed by atoms with Crippen molar-refractivity contribution in [2.24, 2.45) is 0 Å². The fraction of sp³-hybridized carbons (Fsp3) is 0.385. The van der Waals surface area contributed by atoms with Crippen LogP contribution in [0.25, 0.3) is 5.76 Å². The van der Waals surface area contributed by atoms with Gasteiger partial charge in [-0.3, -0.25) is 14.5 Å². The van der Waals surface area contributed by atoms with E-state index in [2.05, 4.69) is 4.90 Å². The molecule has 7 nitrogen and oxygen atoms in total. The summed E-state index contributed by atoms with van der Waals surface area (Å²) in [6, 6.07) is 11.5. The number of rotatable bonds is 7. The van der Waals surface area contributed by atoms with Gasteiger partial charge < -0.3 is 19.5 Å². The van der Waals surface area contributed by atoms with E-state index in [1.807, 2.05) is 13.8 Å². The number of nitrogens with zero attached hydrogens (tertiary/aromatic N) is 2. The molecule has 4 rings (SSSR count). The van der Waals surface area contributed by atoms with Crippen molar-refractivity contribution in [2.75, 3.05) is 46.0 Å². The Hall–Kier alpha value is -2.87. The second kappa shape index (κ2) is 10.6. The minimum atomic E-state index is -0.704. The first kappa shape index (κ1) is 24.3. The lowest BCUT2D eigenvalue weighted by Gasteiger charge is -2.31. The summed E-state index contributed by atoms with van der Waals surface area (Å²) < 4.78 is 11.0. The summed E-state index contributed by atoms with van der Waals surface area (Å²) in [4.78, 5) is 30.1. The first-order valence-corrected chi connectivity index (χ1v) is 11.9. The van der Waals surface area contributed by atoms with Gasteiger partial charge >= 0.3 is 0 Å². The van der Waals surface area contributed by atoms with Gasteiger partial charge in [-0.15, -0.1) is 0 Å². The third-order valence-corrected chi connectivity index (χ3v) is 6.49. The minimum absolute atomic E-state index is 0.0814. The Labute approximate surface area is 204 Å². The highest BCUT2D eigenvalue weighted by Gasteiger charge is 2.46. The van der Waals surface area contributed by atoms with Crippen LogP contribution >= 0.6 is 11.6 Å². The van der Waals surface area contributed by atoms with Crippen molar-refractivity contribution in [2.45, 2.75) is 19.9 Å².